The van der Waals surface area contributed by atoms with Crippen LogP contribution in [0.4, 0.5) is 11.4 Å². The average Bonchev–Trinajstić information content (AvgIpc) is 2.86. The van der Waals surface area contributed by atoms with Crippen LogP contribution < -0.4 is 10.9 Å². The highest BCUT2D eigenvalue weighted by Gasteiger charge is 2.11. The average molecular weight is 460 g/mol. The van der Waals surface area contributed by atoms with Gasteiger partial charge in [-0.25, -0.2) is 10.9 Å². The number of hydrazone groups is 2. The number of nitrogens with zero attached hydrogens (tertiary/aromatic N) is 4. The van der Waals surface area contributed by atoms with Crippen molar-refractivity contribution in [1.29, 1.82) is 0 Å². The van der Waals surface area contributed by atoms with Crippen LogP contribution in [0.15, 0.2) is 89.1 Å². The smallest absolute Gasteiger partial charge is 0.267 e. The Bertz CT molecular complexity index is 1270. The summed E-state index contributed by atoms with van der Waals surface area (Å²) >= 11 is 0. The van der Waals surface area contributed by atoms with Crippen LogP contribution in [0.1, 0.15) is 26.3 Å². The fourth-order valence-corrected chi connectivity index (χ4v) is 2.64. The summed E-state index contributed by atoms with van der Waals surface area (Å²) in [5, 5.41) is 29.3. The highest BCUT2D eigenvalue weighted by Crippen LogP contribution is 2.13. The number of nitro benzene ring substituents is 2. The summed E-state index contributed by atoms with van der Waals surface area (Å²) < 4.78 is 0. The van der Waals surface area contributed by atoms with Crippen molar-refractivity contribution in [3.05, 3.63) is 116 Å². The quantitative estimate of drug-likeness (QED) is 0.297. The van der Waals surface area contributed by atoms with Crippen molar-refractivity contribution in [1.82, 2.24) is 10.9 Å². The molecule has 3 aromatic rings. The molecule has 0 aliphatic heterocycles. The fraction of sp³-hybridized carbons (Fsp3) is 0. The zero-order valence-corrected chi connectivity index (χ0v) is 17.3. The van der Waals surface area contributed by atoms with Crippen LogP contribution in [0, 0.1) is 20.2 Å². The Morgan fingerprint density at radius 1 is 0.676 bits per heavy atom. The number of hydrogen-bond donors (Lipinski definition) is 2. The Kier molecular flexibility index (Phi) is 7.47. The molecule has 12 nitrogen and oxygen atoms in total. The predicted molar refractivity (Wildman–Crippen MR) is 123 cm³/mol. The van der Waals surface area contributed by atoms with Crippen molar-refractivity contribution in [2.45, 2.75) is 0 Å². The van der Waals surface area contributed by atoms with Gasteiger partial charge in [0, 0.05) is 41.0 Å². The van der Waals surface area contributed by atoms with E-state index in [-0.39, 0.29) is 28.2 Å². The van der Waals surface area contributed by atoms with Crippen molar-refractivity contribution < 1.29 is 19.4 Å². The van der Waals surface area contributed by atoms with Crippen LogP contribution in [0.2, 0.25) is 0 Å². The van der Waals surface area contributed by atoms with Crippen LogP contribution in [-0.4, -0.2) is 33.6 Å². The number of rotatable bonds is 8. The molecule has 0 bridgehead atoms. The standard InChI is InChI=1S/C22H16N6O6/c29-21(16-6-10-18(11-7-16)27(31)32)25-23-14-20(15-4-2-1-3-5-15)24-26-22(30)17-8-12-19(13-9-17)28(33)34/h1-14H,(H,25,29)(H,26,30)/b23-14-,24-20-. The minimum absolute atomic E-state index is 0.151. The summed E-state index contributed by atoms with van der Waals surface area (Å²) in [6, 6.07) is 18.7. The maximum absolute atomic E-state index is 12.4. The first kappa shape index (κ1) is 23.4. The monoisotopic (exact) mass is 460 g/mol. The maximum atomic E-state index is 12.4. The van der Waals surface area contributed by atoms with Gasteiger partial charge in [-0.3, -0.25) is 29.8 Å². The molecule has 0 unspecified atom stereocenters. The zero-order chi connectivity index (χ0) is 24.5. The van der Waals surface area contributed by atoms with Crippen molar-refractivity contribution in [2.75, 3.05) is 0 Å². The molecular formula is C22H16N6O6. The molecule has 0 saturated heterocycles. The van der Waals surface area contributed by atoms with E-state index in [4.69, 9.17) is 0 Å². The maximum Gasteiger partial charge on any atom is 0.271 e. The normalized spacial score (nSPS) is 11.1. The molecule has 2 amide bonds. The second kappa shape index (κ2) is 10.9. The molecule has 0 fully saturated rings. The molecule has 0 aromatic heterocycles. The molecule has 0 aliphatic rings. The highest BCUT2D eigenvalue weighted by atomic mass is 16.6. The number of non-ortho nitro benzene ring substituents is 2. The summed E-state index contributed by atoms with van der Waals surface area (Å²) in [4.78, 5) is 44.9. The summed E-state index contributed by atoms with van der Waals surface area (Å²) in [5.74, 6) is -1.21. The lowest BCUT2D eigenvalue weighted by Gasteiger charge is -2.04. The number of carbonyl (C=O) groups excluding carboxylic acids is 2. The SMILES string of the molecule is O=C(N/N=C\C(=N\NC(=O)c1ccc([N+](=O)[O-])cc1)c1ccccc1)c1ccc([N+](=O)[O-])cc1. The Hall–Kier alpha value is -5.26. The first-order valence-corrected chi connectivity index (χ1v) is 9.61. The molecule has 12 heteroatoms. The molecule has 0 spiro atoms. The van der Waals surface area contributed by atoms with Gasteiger partial charge in [0.05, 0.1) is 16.1 Å². The second-order valence-electron chi connectivity index (χ2n) is 6.61. The van der Waals surface area contributed by atoms with E-state index in [1.54, 1.807) is 30.3 Å². The van der Waals surface area contributed by atoms with Gasteiger partial charge in [-0.05, 0) is 24.3 Å². The molecule has 3 aromatic carbocycles. The predicted octanol–water partition coefficient (Wildman–Crippen LogP) is 3.05. The van der Waals surface area contributed by atoms with E-state index in [0.29, 0.717) is 5.56 Å². The Morgan fingerprint density at radius 3 is 1.62 bits per heavy atom. The van der Waals surface area contributed by atoms with E-state index < -0.39 is 21.7 Å². The second-order valence-corrected chi connectivity index (χ2v) is 6.61. The zero-order valence-electron chi connectivity index (χ0n) is 17.3. The fourth-order valence-electron chi connectivity index (χ4n) is 2.64. The van der Waals surface area contributed by atoms with Gasteiger partial charge in [-0.2, -0.15) is 10.2 Å². The van der Waals surface area contributed by atoms with Gasteiger partial charge >= 0.3 is 0 Å². The summed E-state index contributed by atoms with van der Waals surface area (Å²) in [5.41, 5.74) is 5.44. The third-order valence-electron chi connectivity index (χ3n) is 4.38. The van der Waals surface area contributed by atoms with Crippen LogP contribution >= 0.6 is 0 Å². The molecule has 2 N–H and O–H groups in total. The number of carbonyl (C=O) groups is 2. The first-order valence-electron chi connectivity index (χ1n) is 9.61. The van der Waals surface area contributed by atoms with Crippen LogP contribution in [0.3, 0.4) is 0 Å². The summed E-state index contributed by atoms with van der Waals surface area (Å²) in [6.07, 6.45) is 1.22. The first-order chi connectivity index (χ1) is 16.3. The molecule has 3 rings (SSSR count). The Labute approximate surface area is 191 Å². The number of amides is 2. The largest absolute Gasteiger partial charge is 0.271 e. The third-order valence-corrected chi connectivity index (χ3v) is 4.38. The number of benzene rings is 3. The van der Waals surface area contributed by atoms with Crippen molar-refractivity contribution in [3.8, 4) is 0 Å². The van der Waals surface area contributed by atoms with E-state index >= 15 is 0 Å². The Morgan fingerprint density at radius 2 is 1.15 bits per heavy atom. The number of nitrogens with one attached hydrogen (secondary N) is 2. The lowest BCUT2D eigenvalue weighted by atomic mass is 10.1. The van der Waals surface area contributed by atoms with Gasteiger partial charge < -0.3 is 0 Å². The van der Waals surface area contributed by atoms with Crippen molar-refractivity contribution in [3.63, 3.8) is 0 Å². The lowest BCUT2D eigenvalue weighted by Crippen LogP contribution is -2.22. The van der Waals surface area contributed by atoms with Crippen molar-refractivity contribution >= 4 is 35.1 Å². The van der Waals surface area contributed by atoms with Gasteiger partial charge in [-0.15, -0.1) is 0 Å². The molecule has 34 heavy (non-hydrogen) atoms. The minimum atomic E-state index is -0.605. The topological polar surface area (TPSA) is 169 Å². The molecule has 0 aliphatic carbocycles. The molecule has 0 heterocycles. The van der Waals surface area contributed by atoms with Gasteiger partial charge in [0.2, 0.25) is 0 Å². The number of nitro groups is 2. The lowest BCUT2D eigenvalue weighted by molar-refractivity contribution is -0.385. The minimum Gasteiger partial charge on any atom is -0.267 e. The summed E-state index contributed by atoms with van der Waals surface area (Å²) in [7, 11) is 0. The van der Waals surface area contributed by atoms with E-state index in [0.717, 1.165) is 0 Å². The van der Waals surface area contributed by atoms with Crippen LogP contribution in [0.25, 0.3) is 0 Å². The highest BCUT2D eigenvalue weighted by molar-refractivity contribution is 6.38. The Balaban J connectivity index is 1.73. The summed E-state index contributed by atoms with van der Waals surface area (Å²) in [6.45, 7) is 0. The van der Waals surface area contributed by atoms with E-state index in [1.165, 1.54) is 54.7 Å². The third kappa shape index (κ3) is 6.13. The molecular weight excluding hydrogens is 444 g/mol. The van der Waals surface area contributed by atoms with Gasteiger partial charge in [0.15, 0.2) is 0 Å². The number of hydrogen-bond acceptors (Lipinski definition) is 8. The van der Waals surface area contributed by atoms with Crippen molar-refractivity contribution in [2.24, 2.45) is 10.2 Å². The van der Waals surface area contributed by atoms with Crippen LogP contribution in [-0.2, 0) is 0 Å². The van der Waals surface area contributed by atoms with Gasteiger partial charge in [0.1, 0.15) is 5.71 Å². The van der Waals surface area contributed by atoms with E-state index in [2.05, 4.69) is 21.1 Å². The van der Waals surface area contributed by atoms with Gasteiger partial charge in [0.25, 0.3) is 23.2 Å². The molecule has 0 saturated carbocycles. The van der Waals surface area contributed by atoms with Crippen LogP contribution in [0.5, 0.6) is 0 Å². The molecule has 170 valence electrons. The van der Waals surface area contributed by atoms with E-state index in [1.807, 2.05) is 0 Å². The van der Waals surface area contributed by atoms with Gasteiger partial charge in [-0.1, -0.05) is 30.3 Å². The molecule has 0 radical (unpaired) electrons. The van der Waals surface area contributed by atoms with E-state index in [9.17, 15) is 29.8 Å². The molecule has 0 atom stereocenters.